The van der Waals surface area contributed by atoms with Gasteiger partial charge in [-0.25, -0.2) is 4.79 Å². The van der Waals surface area contributed by atoms with Gasteiger partial charge in [-0.1, -0.05) is 0 Å². The summed E-state index contributed by atoms with van der Waals surface area (Å²) in [6.45, 7) is 2.54. The summed E-state index contributed by atoms with van der Waals surface area (Å²) in [5.41, 5.74) is -0.0149. The van der Waals surface area contributed by atoms with Crippen molar-refractivity contribution in [1.82, 2.24) is 9.55 Å². The van der Waals surface area contributed by atoms with Crippen LogP contribution in [0.5, 0.6) is 0 Å². The van der Waals surface area contributed by atoms with Gasteiger partial charge in [-0.2, -0.15) is 0 Å². The van der Waals surface area contributed by atoms with Crippen LogP contribution in [0.2, 0.25) is 0 Å². The molecule has 0 aromatic carbocycles. The number of aromatic amines is 1. The Morgan fingerprint density at radius 1 is 1.69 bits per heavy atom. The first kappa shape index (κ1) is 8.56. The standard InChI is InChI=1S/C9H14N2O2/c12-9-10-3-5-11(9)4-1-8-2-6-13-7-8/h3,5,8H,1-2,4,6-7H2,(H,10,12). The Morgan fingerprint density at radius 3 is 3.23 bits per heavy atom. The third-order valence-corrected chi connectivity index (χ3v) is 2.52. The molecule has 1 aromatic rings. The molecule has 4 nitrogen and oxygen atoms in total. The topological polar surface area (TPSA) is 47.0 Å². The Balaban J connectivity index is 1.85. The van der Waals surface area contributed by atoms with Crippen molar-refractivity contribution in [1.29, 1.82) is 0 Å². The molecule has 1 saturated heterocycles. The van der Waals surface area contributed by atoms with E-state index in [4.69, 9.17) is 4.74 Å². The van der Waals surface area contributed by atoms with Crippen LogP contribution in [-0.4, -0.2) is 22.8 Å². The highest BCUT2D eigenvalue weighted by atomic mass is 16.5. The monoisotopic (exact) mass is 182 g/mol. The van der Waals surface area contributed by atoms with E-state index in [9.17, 15) is 4.79 Å². The number of nitrogens with one attached hydrogen (secondary N) is 1. The van der Waals surface area contributed by atoms with E-state index in [1.807, 2.05) is 0 Å². The fraction of sp³-hybridized carbons (Fsp3) is 0.667. The van der Waals surface area contributed by atoms with Crippen LogP contribution in [0.1, 0.15) is 12.8 Å². The molecular weight excluding hydrogens is 168 g/mol. The summed E-state index contributed by atoms with van der Waals surface area (Å²) in [5.74, 6) is 0.641. The Kier molecular flexibility index (Phi) is 2.49. The molecule has 0 aliphatic carbocycles. The molecule has 1 N–H and O–H groups in total. The van der Waals surface area contributed by atoms with E-state index in [2.05, 4.69) is 4.98 Å². The lowest BCUT2D eigenvalue weighted by molar-refractivity contribution is 0.183. The van der Waals surface area contributed by atoms with Crippen LogP contribution in [0, 0.1) is 5.92 Å². The minimum Gasteiger partial charge on any atom is -0.381 e. The third kappa shape index (κ3) is 2.01. The van der Waals surface area contributed by atoms with Crippen molar-refractivity contribution in [2.45, 2.75) is 19.4 Å². The first-order valence-electron chi connectivity index (χ1n) is 4.68. The molecule has 72 valence electrons. The second-order valence-corrected chi connectivity index (χ2v) is 3.48. The molecule has 1 atom stereocenters. The molecular formula is C9H14N2O2. The van der Waals surface area contributed by atoms with Crippen LogP contribution in [0.25, 0.3) is 0 Å². The molecule has 4 heteroatoms. The lowest BCUT2D eigenvalue weighted by atomic mass is 10.1. The molecule has 0 saturated carbocycles. The summed E-state index contributed by atoms with van der Waals surface area (Å²) in [5, 5.41) is 0. The van der Waals surface area contributed by atoms with Gasteiger partial charge in [-0.05, 0) is 18.8 Å². The van der Waals surface area contributed by atoms with Crippen molar-refractivity contribution in [2.24, 2.45) is 5.92 Å². The van der Waals surface area contributed by atoms with Gasteiger partial charge in [-0.15, -0.1) is 0 Å². The van der Waals surface area contributed by atoms with E-state index < -0.39 is 0 Å². The van der Waals surface area contributed by atoms with Crippen LogP contribution in [0.4, 0.5) is 0 Å². The Morgan fingerprint density at radius 2 is 2.62 bits per heavy atom. The van der Waals surface area contributed by atoms with E-state index in [1.54, 1.807) is 17.0 Å². The maximum atomic E-state index is 11.1. The van der Waals surface area contributed by atoms with Crippen LogP contribution in [0.3, 0.4) is 0 Å². The fourth-order valence-corrected chi connectivity index (χ4v) is 1.66. The number of imidazole rings is 1. The summed E-state index contributed by atoms with van der Waals surface area (Å²) >= 11 is 0. The lowest BCUT2D eigenvalue weighted by Crippen LogP contribution is -2.18. The quantitative estimate of drug-likeness (QED) is 0.744. The number of H-pyrrole nitrogens is 1. The van der Waals surface area contributed by atoms with E-state index in [0.29, 0.717) is 5.92 Å². The van der Waals surface area contributed by atoms with Crippen molar-refractivity contribution in [3.63, 3.8) is 0 Å². The largest absolute Gasteiger partial charge is 0.381 e. The van der Waals surface area contributed by atoms with Crippen molar-refractivity contribution >= 4 is 0 Å². The average molecular weight is 182 g/mol. The molecule has 1 aliphatic rings. The zero-order valence-electron chi connectivity index (χ0n) is 7.53. The summed E-state index contributed by atoms with van der Waals surface area (Å²) in [6, 6.07) is 0. The molecule has 0 radical (unpaired) electrons. The van der Waals surface area contributed by atoms with Gasteiger partial charge in [0.1, 0.15) is 0 Å². The highest BCUT2D eigenvalue weighted by Gasteiger charge is 2.15. The zero-order chi connectivity index (χ0) is 9.10. The fourth-order valence-electron chi connectivity index (χ4n) is 1.66. The van der Waals surface area contributed by atoms with Gasteiger partial charge >= 0.3 is 5.69 Å². The first-order valence-corrected chi connectivity index (χ1v) is 4.68. The van der Waals surface area contributed by atoms with E-state index in [0.717, 1.165) is 32.6 Å². The second kappa shape index (κ2) is 3.79. The predicted molar refractivity (Wildman–Crippen MR) is 48.6 cm³/mol. The Hall–Kier alpha value is -1.03. The number of ether oxygens (including phenoxy) is 1. The maximum absolute atomic E-state index is 11.1. The summed E-state index contributed by atoms with van der Waals surface area (Å²) < 4.78 is 6.97. The normalized spacial score (nSPS) is 22.3. The third-order valence-electron chi connectivity index (χ3n) is 2.52. The molecule has 1 aliphatic heterocycles. The molecule has 1 fully saturated rings. The Bertz CT molecular complexity index is 309. The number of nitrogens with zero attached hydrogens (tertiary/aromatic N) is 1. The predicted octanol–water partition coefficient (Wildman–Crippen LogP) is 0.603. The molecule has 2 rings (SSSR count). The van der Waals surface area contributed by atoms with E-state index in [1.165, 1.54) is 0 Å². The van der Waals surface area contributed by atoms with E-state index in [-0.39, 0.29) is 5.69 Å². The summed E-state index contributed by atoms with van der Waals surface area (Å²) in [6.07, 6.45) is 5.64. The molecule has 0 bridgehead atoms. The van der Waals surface area contributed by atoms with Crippen molar-refractivity contribution < 1.29 is 4.74 Å². The van der Waals surface area contributed by atoms with Crippen LogP contribution in [-0.2, 0) is 11.3 Å². The molecule has 0 amide bonds. The molecule has 13 heavy (non-hydrogen) atoms. The molecule has 1 unspecified atom stereocenters. The maximum Gasteiger partial charge on any atom is 0.325 e. The van der Waals surface area contributed by atoms with Crippen molar-refractivity contribution in [3.05, 3.63) is 22.9 Å². The van der Waals surface area contributed by atoms with Crippen LogP contribution < -0.4 is 5.69 Å². The molecule has 2 heterocycles. The lowest BCUT2D eigenvalue weighted by Gasteiger charge is -2.06. The van der Waals surface area contributed by atoms with Gasteiger partial charge < -0.3 is 9.72 Å². The van der Waals surface area contributed by atoms with Crippen LogP contribution in [0.15, 0.2) is 17.2 Å². The number of aryl methyl sites for hydroxylation is 1. The number of hydrogen-bond acceptors (Lipinski definition) is 2. The molecule has 1 aromatic heterocycles. The summed E-state index contributed by atoms with van der Waals surface area (Å²) in [7, 11) is 0. The first-order chi connectivity index (χ1) is 6.36. The van der Waals surface area contributed by atoms with E-state index >= 15 is 0 Å². The van der Waals surface area contributed by atoms with Gasteiger partial charge in [0, 0.05) is 32.2 Å². The Labute approximate surface area is 76.5 Å². The minimum absolute atomic E-state index is 0.0149. The highest BCUT2D eigenvalue weighted by Crippen LogP contribution is 2.16. The smallest absolute Gasteiger partial charge is 0.325 e. The SMILES string of the molecule is O=c1[nH]ccn1CCC1CCOC1. The average Bonchev–Trinajstić information content (AvgIpc) is 2.72. The van der Waals surface area contributed by atoms with Crippen molar-refractivity contribution in [3.8, 4) is 0 Å². The molecule has 0 spiro atoms. The van der Waals surface area contributed by atoms with Crippen molar-refractivity contribution in [2.75, 3.05) is 13.2 Å². The van der Waals surface area contributed by atoms with Gasteiger partial charge in [0.2, 0.25) is 0 Å². The van der Waals surface area contributed by atoms with Gasteiger partial charge in [0.05, 0.1) is 0 Å². The highest BCUT2D eigenvalue weighted by molar-refractivity contribution is 4.76. The number of aromatic nitrogens is 2. The van der Waals surface area contributed by atoms with Gasteiger partial charge in [-0.3, -0.25) is 4.57 Å². The van der Waals surface area contributed by atoms with Gasteiger partial charge in [0.25, 0.3) is 0 Å². The number of rotatable bonds is 3. The second-order valence-electron chi connectivity index (χ2n) is 3.48. The number of hydrogen-bond donors (Lipinski definition) is 1. The summed E-state index contributed by atoms with van der Waals surface area (Å²) in [4.78, 5) is 13.7. The minimum atomic E-state index is -0.0149. The van der Waals surface area contributed by atoms with Crippen LogP contribution >= 0.6 is 0 Å². The van der Waals surface area contributed by atoms with Gasteiger partial charge in [0.15, 0.2) is 0 Å². The zero-order valence-corrected chi connectivity index (χ0v) is 7.53.